The van der Waals surface area contributed by atoms with Crippen molar-refractivity contribution in [3.63, 3.8) is 0 Å². The van der Waals surface area contributed by atoms with Gasteiger partial charge in [0.1, 0.15) is 0 Å². The zero-order valence-electron chi connectivity index (χ0n) is 14.8. The van der Waals surface area contributed by atoms with Crippen LogP contribution in [-0.4, -0.2) is 28.4 Å². The van der Waals surface area contributed by atoms with Crippen molar-refractivity contribution in [1.29, 1.82) is 5.26 Å². The lowest BCUT2D eigenvalue weighted by molar-refractivity contribution is -0.126. The third-order valence-corrected chi connectivity index (χ3v) is 7.40. The minimum absolute atomic E-state index is 0.0152. The maximum Gasteiger partial charge on any atom is 0.234 e. The summed E-state index contributed by atoms with van der Waals surface area (Å²) < 4.78 is 0. The number of aliphatic hydroxyl groups is 1. The van der Waals surface area contributed by atoms with Crippen molar-refractivity contribution >= 4 is 17.7 Å². The first-order valence-electron chi connectivity index (χ1n) is 9.44. The molecule has 136 valence electrons. The van der Waals surface area contributed by atoms with Crippen molar-refractivity contribution < 1.29 is 9.90 Å². The topological polar surface area (TPSA) is 73.1 Å². The van der Waals surface area contributed by atoms with E-state index in [1.165, 1.54) is 0 Å². The zero-order chi connectivity index (χ0) is 18.3. The minimum Gasteiger partial charge on any atom is -0.392 e. The van der Waals surface area contributed by atoms with Crippen LogP contribution in [0, 0.1) is 23.2 Å². The number of fused-ring (bicyclic) bond motifs is 3. The van der Waals surface area contributed by atoms with Gasteiger partial charge in [0.05, 0.1) is 23.3 Å². The fraction of sp³-hybridized carbons (Fsp3) is 0.524. The monoisotopic (exact) mass is 368 g/mol. The second-order valence-corrected chi connectivity index (χ2v) is 8.63. The highest BCUT2D eigenvalue weighted by Gasteiger charge is 2.51. The Hall–Kier alpha value is -1.77. The summed E-state index contributed by atoms with van der Waals surface area (Å²) in [4.78, 5) is 12.4. The predicted octanol–water partition coefficient (Wildman–Crippen LogP) is 3.30. The summed E-state index contributed by atoms with van der Waals surface area (Å²) in [5.74, 6) is 0.468. The molecular formula is C21H24N2O2S. The number of nitriles is 1. The number of nitrogens with one attached hydrogen (secondary N) is 1. The quantitative estimate of drug-likeness (QED) is 0.858. The molecule has 0 aromatic heterocycles. The Morgan fingerprint density at radius 1 is 1.35 bits per heavy atom. The summed E-state index contributed by atoms with van der Waals surface area (Å²) in [6.45, 7) is 2.02. The Morgan fingerprint density at radius 3 is 2.81 bits per heavy atom. The van der Waals surface area contributed by atoms with Crippen LogP contribution >= 0.6 is 11.8 Å². The maximum atomic E-state index is 12.4. The molecule has 1 aromatic rings. The third-order valence-electron chi connectivity index (χ3n) is 6.26. The SMILES string of the molecule is CCC(C#N)c1ccc(C2C(O)CCC3NC(=O)C4SC=CC4C32)cc1. The van der Waals surface area contributed by atoms with Gasteiger partial charge >= 0.3 is 0 Å². The first kappa shape index (κ1) is 17.6. The molecular weight excluding hydrogens is 344 g/mol. The van der Waals surface area contributed by atoms with Gasteiger partial charge in [0.15, 0.2) is 0 Å². The Balaban J connectivity index is 1.66. The van der Waals surface area contributed by atoms with Crippen LogP contribution in [0.25, 0.3) is 0 Å². The highest BCUT2D eigenvalue weighted by molar-refractivity contribution is 8.03. The molecule has 0 spiro atoms. The number of carbonyl (C=O) groups excluding carboxylic acids is 1. The number of rotatable bonds is 3. The Labute approximate surface area is 158 Å². The Bertz CT molecular complexity index is 754. The second kappa shape index (κ2) is 7.09. The highest BCUT2D eigenvalue weighted by Crippen LogP contribution is 2.50. The fourth-order valence-electron chi connectivity index (χ4n) is 4.95. The molecule has 7 unspecified atom stereocenters. The van der Waals surface area contributed by atoms with E-state index in [0.717, 1.165) is 24.0 Å². The van der Waals surface area contributed by atoms with Gasteiger partial charge < -0.3 is 10.4 Å². The largest absolute Gasteiger partial charge is 0.392 e. The van der Waals surface area contributed by atoms with E-state index < -0.39 is 6.10 Å². The standard InChI is InChI=1S/C21H24N2O2S/c1-2-12(11-22)13-3-5-14(6-4-13)18-17(24)8-7-16-19(18)15-9-10-26-20(15)21(25)23-16/h3-6,9-10,12,15-20,24H,2,7-8H2,1H3,(H,23,25). The van der Waals surface area contributed by atoms with E-state index in [4.69, 9.17) is 0 Å². The lowest BCUT2D eigenvalue weighted by Gasteiger charge is -2.48. The molecule has 2 heterocycles. The molecule has 1 saturated heterocycles. The first-order chi connectivity index (χ1) is 12.6. The molecule has 7 atom stereocenters. The van der Waals surface area contributed by atoms with E-state index in [0.29, 0.717) is 6.42 Å². The van der Waals surface area contributed by atoms with Crippen LogP contribution in [-0.2, 0) is 4.79 Å². The number of aliphatic hydroxyl groups excluding tert-OH is 1. The average Bonchev–Trinajstić information content (AvgIpc) is 3.15. The number of allylic oxidation sites excluding steroid dienone is 1. The van der Waals surface area contributed by atoms with E-state index in [2.05, 4.69) is 29.6 Å². The van der Waals surface area contributed by atoms with Crippen molar-refractivity contribution in [2.45, 2.75) is 55.4 Å². The maximum absolute atomic E-state index is 12.4. The molecule has 0 radical (unpaired) electrons. The summed E-state index contributed by atoms with van der Waals surface area (Å²) in [6.07, 6.45) is 4.10. The number of hydrogen-bond donors (Lipinski definition) is 2. The van der Waals surface area contributed by atoms with Crippen LogP contribution in [0.4, 0.5) is 0 Å². The van der Waals surface area contributed by atoms with Gasteiger partial charge in [-0.25, -0.2) is 0 Å². The summed E-state index contributed by atoms with van der Waals surface area (Å²) >= 11 is 1.59. The molecule has 1 aromatic carbocycles. The first-order valence-corrected chi connectivity index (χ1v) is 10.4. The Morgan fingerprint density at radius 2 is 2.12 bits per heavy atom. The van der Waals surface area contributed by atoms with Crippen molar-refractivity contribution in [1.82, 2.24) is 5.32 Å². The van der Waals surface area contributed by atoms with Crippen molar-refractivity contribution in [2.24, 2.45) is 11.8 Å². The molecule has 2 N–H and O–H groups in total. The van der Waals surface area contributed by atoms with Gasteiger partial charge in [-0.05, 0) is 41.7 Å². The lowest BCUT2D eigenvalue weighted by Crippen LogP contribution is -2.59. The van der Waals surface area contributed by atoms with Gasteiger partial charge in [0, 0.05) is 17.9 Å². The summed E-state index contributed by atoms with van der Waals surface area (Å²) in [7, 11) is 0. The number of nitrogens with zero attached hydrogens (tertiary/aromatic N) is 1. The van der Waals surface area contributed by atoms with Crippen LogP contribution < -0.4 is 5.32 Å². The van der Waals surface area contributed by atoms with E-state index in [9.17, 15) is 15.2 Å². The number of amides is 1. The van der Waals surface area contributed by atoms with Gasteiger partial charge in [-0.2, -0.15) is 5.26 Å². The minimum atomic E-state index is -0.394. The van der Waals surface area contributed by atoms with Crippen LogP contribution in [0.5, 0.6) is 0 Å². The summed E-state index contributed by atoms with van der Waals surface area (Å²) in [6, 6.07) is 10.7. The molecule has 26 heavy (non-hydrogen) atoms. The number of piperidine rings is 1. The molecule has 1 saturated carbocycles. The van der Waals surface area contributed by atoms with Crippen LogP contribution in [0.2, 0.25) is 0 Å². The van der Waals surface area contributed by atoms with E-state index in [1.807, 2.05) is 24.5 Å². The lowest BCUT2D eigenvalue weighted by atomic mass is 9.63. The van der Waals surface area contributed by atoms with Crippen molar-refractivity contribution in [3.8, 4) is 6.07 Å². The van der Waals surface area contributed by atoms with Crippen LogP contribution in [0.15, 0.2) is 35.7 Å². The number of hydrogen-bond acceptors (Lipinski definition) is 4. The van der Waals surface area contributed by atoms with Crippen molar-refractivity contribution in [2.75, 3.05) is 0 Å². The molecule has 5 heteroatoms. The molecule has 0 bridgehead atoms. The Kier molecular flexibility index (Phi) is 4.81. The highest BCUT2D eigenvalue weighted by atomic mass is 32.2. The molecule has 1 aliphatic carbocycles. The third kappa shape index (κ3) is 2.86. The molecule has 4 nitrogen and oxygen atoms in total. The van der Waals surface area contributed by atoms with Gasteiger partial charge in [-0.15, -0.1) is 11.8 Å². The number of benzene rings is 1. The van der Waals surface area contributed by atoms with Gasteiger partial charge in [-0.3, -0.25) is 4.79 Å². The van der Waals surface area contributed by atoms with Gasteiger partial charge in [0.2, 0.25) is 5.91 Å². The van der Waals surface area contributed by atoms with E-state index >= 15 is 0 Å². The average molecular weight is 369 g/mol. The molecule has 4 rings (SSSR count). The normalized spacial score (nSPS) is 36.6. The molecule has 2 fully saturated rings. The summed E-state index contributed by atoms with van der Waals surface area (Å²) in [5, 5.41) is 25.3. The van der Waals surface area contributed by atoms with Crippen LogP contribution in [0.1, 0.15) is 49.1 Å². The smallest absolute Gasteiger partial charge is 0.234 e. The van der Waals surface area contributed by atoms with E-state index in [-0.39, 0.29) is 40.9 Å². The van der Waals surface area contributed by atoms with Gasteiger partial charge in [0.25, 0.3) is 0 Å². The molecule has 3 aliphatic rings. The van der Waals surface area contributed by atoms with Gasteiger partial charge in [-0.1, -0.05) is 37.3 Å². The van der Waals surface area contributed by atoms with Crippen LogP contribution in [0.3, 0.4) is 0 Å². The van der Waals surface area contributed by atoms with Crippen molar-refractivity contribution in [3.05, 3.63) is 46.9 Å². The molecule has 2 aliphatic heterocycles. The zero-order valence-corrected chi connectivity index (χ0v) is 15.7. The fourth-order valence-corrected chi connectivity index (χ4v) is 6.03. The second-order valence-electron chi connectivity index (χ2n) is 7.58. The summed E-state index contributed by atoms with van der Waals surface area (Å²) in [5.41, 5.74) is 2.15. The number of thioether (sulfide) groups is 1. The molecule has 1 amide bonds. The van der Waals surface area contributed by atoms with E-state index in [1.54, 1.807) is 11.8 Å². The number of carbonyl (C=O) groups is 1. The predicted molar refractivity (Wildman–Crippen MR) is 102 cm³/mol.